The Hall–Kier alpha value is -1.98. The van der Waals surface area contributed by atoms with Crippen molar-refractivity contribution in [2.75, 3.05) is 7.11 Å². The lowest BCUT2D eigenvalue weighted by atomic mass is 10.0. The van der Waals surface area contributed by atoms with E-state index in [1.165, 1.54) is 12.1 Å². The van der Waals surface area contributed by atoms with Crippen molar-refractivity contribution in [2.45, 2.75) is 12.5 Å². The Balaban J connectivity index is 2.25. The zero-order chi connectivity index (χ0) is 13.7. The highest BCUT2D eigenvalue weighted by atomic mass is 19.1. The molecule has 3 N–H and O–H groups in total. The van der Waals surface area contributed by atoms with Gasteiger partial charge in [0.2, 0.25) is 0 Å². The van der Waals surface area contributed by atoms with Gasteiger partial charge in [0.15, 0.2) is 0 Å². The summed E-state index contributed by atoms with van der Waals surface area (Å²) in [5.41, 5.74) is 4.24. The number of hydrogen-bond acceptors (Lipinski definition) is 4. The normalized spacial score (nSPS) is 12.2. The van der Waals surface area contributed by atoms with Gasteiger partial charge in [0, 0.05) is 6.20 Å². The van der Waals surface area contributed by atoms with E-state index < -0.39 is 0 Å². The van der Waals surface area contributed by atoms with E-state index in [0.717, 1.165) is 5.56 Å². The van der Waals surface area contributed by atoms with E-state index >= 15 is 0 Å². The van der Waals surface area contributed by atoms with Crippen LogP contribution in [0.3, 0.4) is 0 Å². The maximum Gasteiger partial charge on any atom is 0.142 e. The van der Waals surface area contributed by atoms with Crippen molar-refractivity contribution in [1.82, 2.24) is 10.4 Å². The number of rotatable bonds is 5. The number of nitrogens with one attached hydrogen (secondary N) is 1. The monoisotopic (exact) mass is 261 g/mol. The Morgan fingerprint density at radius 3 is 2.89 bits per heavy atom. The van der Waals surface area contributed by atoms with Gasteiger partial charge in [-0.1, -0.05) is 12.1 Å². The fourth-order valence-electron chi connectivity index (χ4n) is 1.97. The van der Waals surface area contributed by atoms with Crippen LogP contribution >= 0.6 is 0 Å². The minimum atomic E-state index is -0.263. The van der Waals surface area contributed by atoms with E-state index in [9.17, 15) is 4.39 Å². The maximum absolute atomic E-state index is 13.2. The third-order valence-electron chi connectivity index (χ3n) is 2.88. The van der Waals surface area contributed by atoms with E-state index in [-0.39, 0.29) is 11.9 Å². The minimum Gasteiger partial charge on any atom is -0.495 e. The summed E-state index contributed by atoms with van der Waals surface area (Å²) in [6.07, 6.45) is 2.20. The lowest BCUT2D eigenvalue weighted by Gasteiger charge is -2.17. The number of aromatic nitrogens is 1. The van der Waals surface area contributed by atoms with Crippen LogP contribution in [0.5, 0.6) is 5.75 Å². The molecule has 0 radical (unpaired) electrons. The van der Waals surface area contributed by atoms with Crippen LogP contribution in [0.2, 0.25) is 0 Å². The van der Waals surface area contributed by atoms with Crippen molar-refractivity contribution >= 4 is 0 Å². The second-order valence-electron chi connectivity index (χ2n) is 4.14. The molecule has 1 atom stereocenters. The average molecular weight is 261 g/mol. The largest absolute Gasteiger partial charge is 0.495 e. The quantitative estimate of drug-likeness (QED) is 0.638. The fourth-order valence-corrected chi connectivity index (χ4v) is 1.97. The molecule has 5 heteroatoms. The molecule has 100 valence electrons. The molecule has 4 nitrogen and oxygen atoms in total. The third kappa shape index (κ3) is 3.27. The number of nitrogens with two attached hydrogens (primary N) is 1. The molecule has 0 spiro atoms. The molecule has 0 fully saturated rings. The van der Waals surface area contributed by atoms with Crippen LogP contribution in [0.4, 0.5) is 4.39 Å². The first-order chi connectivity index (χ1) is 9.24. The molecular formula is C14H16FN3O. The molecule has 0 aliphatic rings. The topological polar surface area (TPSA) is 60.2 Å². The molecule has 1 aromatic carbocycles. The van der Waals surface area contributed by atoms with Crippen LogP contribution in [0, 0.1) is 5.82 Å². The lowest BCUT2D eigenvalue weighted by molar-refractivity contribution is 0.394. The van der Waals surface area contributed by atoms with E-state index in [2.05, 4.69) is 10.4 Å². The Morgan fingerprint density at radius 2 is 2.21 bits per heavy atom. The van der Waals surface area contributed by atoms with Gasteiger partial charge in [-0.15, -0.1) is 0 Å². The molecule has 2 aromatic rings. The first-order valence-corrected chi connectivity index (χ1v) is 5.94. The number of pyridine rings is 1. The number of benzene rings is 1. The van der Waals surface area contributed by atoms with Crippen LogP contribution in [0.1, 0.15) is 17.3 Å². The van der Waals surface area contributed by atoms with Gasteiger partial charge in [-0.3, -0.25) is 16.3 Å². The molecule has 0 bridgehead atoms. The number of hydrazine groups is 1. The number of ether oxygens (including phenoxy) is 1. The van der Waals surface area contributed by atoms with Gasteiger partial charge in [0.05, 0.1) is 13.2 Å². The predicted octanol–water partition coefficient (Wildman–Crippen LogP) is 1.98. The molecule has 0 aliphatic heterocycles. The van der Waals surface area contributed by atoms with Gasteiger partial charge in [-0.25, -0.2) is 4.39 Å². The summed E-state index contributed by atoms with van der Waals surface area (Å²) in [5, 5.41) is 0. The zero-order valence-electron chi connectivity index (χ0n) is 10.6. The summed E-state index contributed by atoms with van der Waals surface area (Å²) < 4.78 is 18.4. The molecule has 0 saturated carbocycles. The molecule has 0 saturated heterocycles. The highest BCUT2D eigenvalue weighted by Gasteiger charge is 2.16. The smallest absolute Gasteiger partial charge is 0.142 e. The van der Waals surface area contributed by atoms with Gasteiger partial charge in [0.1, 0.15) is 17.3 Å². The van der Waals surface area contributed by atoms with E-state index in [0.29, 0.717) is 17.9 Å². The number of hydrogen-bond donors (Lipinski definition) is 2. The minimum absolute atomic E-state index is 0.238. The van der Waals surface area contributed by atoms with Crippen LogP contribution in [-0.2, 0) is 6.42 Å². The van der Waals surface area contributed by atoms with Gasteiger partial charge < -0.3 is 4.74 Å². The zero-order valence-corrected chi connectivity index (χ0v) is 10.6. The summed E-state index contributed by atoms with van der Waals surface area (Å²) in [5.74, 6) is 5.97. The van der Waals surface area contributed by atoms with Crippen molar-refractivity contribution in [1.29, 1.82) is 0 Å². The maximum atomic E-state index is 13.2. The van der Waals surface area contributed by atoms with Gasteiger partial charge >= 0.3 is 0 Å². The summed E-state index contributed by atoms with van der Waals surface area (Å²) >= 11 is 0. The molecule has 1 aromatic heterocycles. The van der Waals surface area contributed by atoms with Crippen molar-refractivity contribution < 1.29 is 9.13 Å². The molecule has 1 unspecified atom stereocenters. The van der Waals surface area contributed by atoms with Crippen LogP contribution < -0.4 is 16.0 Å². The standard InChI is InChI=1S/C14H16FN3O/c1-19-13-6-3-7-17-14(13)12(18-16)9-10-4-2-5-11(15)8-10/h2-8,12,18H,9,16H2,1H3. The Morgan fingerprint density at radius 1 is 1.37 bits per heavy atom. The summed E-state index contributed by atoms with van der Waals surface area (Å²) in [7, 11) is 1.58. The van der Waals surface area contributed by atoms with E-state index in [1.807, 2.05) is 12.1 Å². The molecular weight excluding hydrogens is 245 g/mol. The molecule has 0 amide bonds. The molecule has 0 aliphatic carbocycles. The Labute approximate surface area is 111 Å². The average Bonchev–Trinajstić information content (AvgIpc) is 2.45. The van der Waals surface area contributed by atoms with E-state index in [1.54, 1.807) is 25.4 Å². The van der Waals surface area contributed by atoms with E-state index in [4.69, 9.17) is 10.6 Å². The highest BCUT2D eigenvalue weighted by molar-refractivity contribution is 5.31. The fraction of sp³-hybridized carbons (Fsp3) is 0.214. The SMILES string of the molecule is COc1cccnc1C(Cc1cccc(F)c1)NN. The van der Waals surface area contributed by atoms with Crippen LogP contribution in [0.25, 0.3) is 0 Å². The lowest BCUT2D eigenvalue weighted by Crippen LogP contribution is -2.30. The van der Waals surface area contributed by atoms with Crippen molar-refractivity contribution in [3.05, 3.63) is 59.7 Å². The highest BCUT2D eigenvalue weighted by Crippen LogP contribution is 2.24. The molecule has 1 heterocycles. The number of halogens is 1. The van der Waals surface area contributed by atoms with Gasteiger partial charge in [-0.2, -0.15) is 0 Å². The van der Waals surface area contributed by atoms with Crippen molar-refractivity contribution in [3.8, 4) is 5.75 Å². The van der Waals surface area contributed by atoms with Crippen molar-refractivity contribution in [3.63, 3.8) is 0 Å². The number of nitrogens with zero attached hydrogens (tertiary/aromatic N) is 1. The molecule has 2 rings (SSSR count). The Bertz CT molecular complexity index is 548. The molecule has 19 heavy (non-hydrogen) atoms. The summed E-state index contributed by atoms with van der Waals surface area (Å²) in [6.45, 7) is 0. The van der Waals surface area contributed by atoms with Crippen molar-refractivity contribution in [2.24, 2.45) is 5.84 Å². The number of methoxy groups -OCH3 is 1. The second-order valence-corrected chi connectivity index (χ2v) is 4.14. The Kier molecular flexibility index (Phi) is 4.43. The first-order valence-electron chi connectivity index (χ1n) is 5.94. The second kappa shape index (κ2) is 6.26. The van der Waals surface area contributed by atoms with Crippen LogP contribution in [-0.4, -0.2) is 12.1 Å². The third-order valence-corrected chi connectivity index (χ3v) is 2.88. The van der Waals surface area contributed by atoms with Gasteiger partial charge in [0.25, 0.3) is 0 Å². The van der Waals surface area contributed by atoms with Crippen LogP contribution in [0.15, 0.2) is 42.6 Å². The summed E-state index contributed by atoms with van der Waals surface area (Å²) in [6, 6.07) is 9.79. The summed E-state index contributed by atoms with van der Waals surface area (Å²) in [4.78, 5) is 4.28. The first kappa shape index (κ1) is 13.5. The predicted molar refractivity (Wildman–Crippen MR) is 71.0 cm³/mol. The van der Waals surface area contributed by atoms with Gasteiger partial charge in [-0.05, 0) is 36.2 Å².